The van der Waals surface area contributed by atoms with Crippen LogP contribution in [0.3, 0.4) is 0 Å². The van der Waals surface area contributed by atoms with Gasteiger partial charge in [-0.2, -0.15) is 5.10 Å². The van der Waals surface area contributed by atoms with Crippen LogP contribution >= 0.6 is 0 Å². The lowest BCUT2D eigenvalue weighted by Crippen LogP contribution is -2.32. The van der Waals surface area contributed by atoms with Crippen LogP contribution in [0.25, 0.3) is 0 Å². The van der Waals surface area contributed by atoms with Crippen LogP contribution in [0, 0.1) is 0 Å². The highest BCUT2D eigenvalue weighted by molar-refractivity contribution is 5.97. The molecule has 0 heterocycles. The lowest BCUT2D eigenvalue weighted by Gasteiger charge is -2.07. The van der Waals surface area contributed by atoms with Gasteiger partial charge in [-0.15, -0.1) is 0 Å². The summed E-state index contributed by atoms with van der Waals surface area (Å²) in [6.45, 7) is 3.79. The van der Waals surface area contributed by atoms with Crippen molar-refractivity contribution >= 4 is 17.5 Å². The molecule has 4 N–H and O–H groups in total. The second-order valence-electron chi connectivity index (χ2n) is 4.66. The number of benzene rings is 1. The predicted octanol–water partition coefficient (Wildman–Crippen LogP) is 0.809. The molecule has 1 unspecified atom stereocenters. The van der Waals surface area contributed by atoms with E-state index >= 15 is 0 Å². The first-order valence-corrected chi connectivity index (χ1v) is 6.24. The lowest BCUT2D eigenvalue weighted by atomic mass is 10.0. The Kier molecular flexibility index (Phi) is 5.86. The zero-order valence-electron chi connectivity index (χ0n) is 11.6. The normalized spacial score (nSPS) is 11.6. The molecule has 0 radical (unpaired) electrons. The number of aliphatic carboxylic acids is 1. The summed E-state index contributed by atoms with van der Waals surface area (Å²) in [4.78, 5) is 22.5. The first-order chi connectivity index (χ1) is 9.40. The standard InChI is InChI=1S/C14H19N3O3/c1-9(2)17-16-8-13(18)11-5-3-10(4-6-11)7-12(15)14(19)20/h3-6,12,16H,7-8,15H2,1-2H3,(H,19,20). The summed E-state index contributed by atoms with van der Waals surface area (Å²) >= 11 is 0. The van der Waals surface area contributed by atoms with Crippen molar-refractivity contribution in [1.82, 2.24) is 5.43 Å². The Morgan fingerprint density at radius 1 is 1.30 bits per heavy atom. The van der Waals surface area contributed by atoms with E-state index in [2.05, 4.69) is 10.5 Å². The second kappa shape index (κ2) is 7.40. The number of ketones is 1. The fourth-order valence-corrected chi connectivity index (χ4v) is 1.54. The Morgan fingerprint density at radius 3 is 2.40 bits per heavy atom. The van der Waals surface area contributed by atoms with E-state index in [0.717, 1.165) is 11.3 Å². The number of carboxylic acids is 1. The summed E-state index contributed by atoms with van der Waals surface area (Å²) in [5.74, 6) is -1.12. The molecule has 0 saturated heterocycles. The number of hydrogen-bond acceptors (Lipinski definition) is 5. The van der Waals surface area contributed by atoms with Gasteiger partial charge < -0.3 is 16.3 Å². The van der Waals surface area contributed by atoms with Crippen molar-refractivity contribution in [2.24, 2.45) is 10.8 Å². The molecular weight excluding hydrogens is 258 g/mol. The number of rotatable bonds is 7. The molecule has 0 spiro atoms. The zero-order valence-corrected chi connectivity index (χ0v) is 11.6. The largest absolute Gasteiger partial charge is 0.480 e. The number of carbonyl (C=O) groups excluding carboxylic acids is 1. The van der Waals surface area contributed by atoms with Crippen molar-refractivity contribution in [3.8, 4) is 0 Å². The third-order valence-corrected chi connectivity index (χ3v) is 2.59. The molecule has 1 aromatic rings. The number of nitrogens with one attached hydrogen (secondary N) is 1. The first kappa shape index (κ1) is 15.8. The Bertz CT molecular complexity index is 505. The van der Waals surface area contributed by atoms with Crippen molar-refractivity contribution in [1.29, 1.82) is 0 Å². The third kappa shape index (κ3) is 5.19. The number of nitrogens with two attached hydrogens (primary N) is 1. The van der Waals surface area contributed by atoms with Gasteiger partial charge in [-0.05, 0) is 25.8 Å². The molecule has 1 rings (SSSR count). The summed E-state index contributed by atoms with van der Waals surface area (Å²) < 4.78 is 0. The molecule has 0 amide bonds. The smallest absolute Gasteiger partial charge is 0.320 e. The Morgan fingerprint density at radius 2 is 1.90 bits per heavy atom. The molecule has 108 valence electrons. The highest BCUT2D eigenvalue weighted by Crippen LogP contribution is 2.07. The van der Waals surface area contributed by atoms with Gasteiger partial charge in [0.2, 0.25) is 0 Å². The minimum absolute atomic E-state index is 0.0796. The highest BCUT2D eigenvalue weighted by atomic mass is 16.4. The van der Waals surface area contributed by atoms with Gasteiger partial charge in [0, 0.05) is 11.3 Å². The maximum Gasteiger partial charge on any atom is 0.320 e. The molecule has 20 heavy (non-hydrogen) atoms. The van der Waals surface area contributed by atoms with Crippen LogP contribution in [0.15, 0.2) is 29.4 Å². The number of hydrogen-bond donors (Lipinski definition) is 3. The number of nitrogens with zero attached hydrogens (tertiary/aromatic N) is 1. The van der Waals surface area contributed by atoms with Crippen LogP contribution in [0.1, 0.15) is 29.8 Å². The van der Waals surface area contributed by atoms with Crippen LogP contribution in [0.4, 0.5) is 0 Å². The topological polar surface area (TPSA) is 105 Å². The molecule has 0 aliphatic heterocycles. The number of carboxylic acid groups (broad SMARTS) is 1. The van der Waals surface area contributed by atoms with Crippen molar-refractivity contribution in [3.05, 3.63) is 35.4 Å². The van der Waals surface area contributed by atoms with Crippen molar-refractivity contribution in [2.75, 3.05) is 6.54 Å². The molecule has 6 heteroatoms. The summed E-state index contributed by atoms with van der Waals surface area (Å²) in [5, 5.41) is 12.7. The maximum atomic E-state index is 11.8. The molecule has 0 saturated carbocycles. The van der Waals surface area contributed by atoms with Crippen LogP contribution in [0.2, 0.25) is 0 Å². The number of Topliss-reactive ketones (excluding diaryl/α,β-unsaturated/α-hetero) is 1. The SMILES string of the molecule is CC(C)=NNCC(=O)c1ccc(CC(N)C(=O)O)cc1. The molecule has 1 aromatic carbocycles. The van der Waals surface area contributed by atoms with Crippen LogP contribution in [-0.2, 0) is 11.2 Å². The minimum Gasteiger partial charge on any atom is -0.480 e. The number of hydrazone groups is 1. The van der Waals surface area contributed by atoms with Crippen LogP contribution in [0.5, 0.6) is 0 Å². The highest BCUT2D eigenvalue weighted by Gasteiger charge is 2.12. The van der Waals surface area contributed by atoms with E-state index in [-0.39, 0.29) is 18.7 Å². The van der Waals surface area contributed by atoms with E-state index in [1.807, 2.05) is 13.8 Å². The maximum absolute atomic E-state index is 11.8. The predicted molar refractivity (Wildman–Crippen MR) is 76.9 cm³/mol. The van der Waals surface area contributed by atoms with Crippen LogP contribution in [-0.4, -0.2) is 35.2 Å². The monoisotopic (exact) mass is 277 g/mol. The average Bonchev–Trinajstić information content (AvgIpc) is 2.38. The van der Waals surface area contributed by atoms with E-state index < -0.39 is 12.0 Å². The van der Waals surface area contributed by atoms with Gasteiger partial charge in [0.25, 0.3) is 0 Å². The van der Waals surface area contributed by atoms with Gasteiger partial charge >= 0.3 is 5.97 Å². The Hall–Kier alpha value is -2.21. The summed E-state index contributed by atoms with van der Waals surface area (Å²) in [6, 6.07) is 5.82. The Labute approximate surface area is 117 Å². The molecule has 0 fully saturated rings. The van der Waals surface area contributed by atoms with Gasteiger partial charge in [-0.3, -0.25) is 9.59 Å². The fourth-order valence-electron chi connectivity index (χ4n) is 1.54. The van der Waals surface area contributed by atoms with Crippen molar-refractivity contribution < 1.29 is 14.7 Å². The van der Waals surface area contributed by atoms with Gasteiger partial charge in [-0.25, -0.2) is 0 Å². The minimum atomic E-state index is -1.04. The molecule has 1 atom stereocenters. The van der Waals surface area contributed by atoms with Crippen molar-refractivity contribution in [3.63, 3.8) is 0 Å². The summed E-state index contributed by atoms with van der Waals surface area (Å²) in [6.07, 6.45) is 0.237. The Balaban J connectivity index is 2.59. The molecule has 0 aromatic heterocycles. The van der Waals surface area contributed by atoms with Crippen LogP contribution < -0.4 is 11.2 Å². The van der Waals surface area contributed by atoms with E-state index in [1.165, 1.54) is 0 Å². The van der Waals surface area contributed by atoms with Gasteiger partial charge in [-0.1, -0.05) is 24.3 Å². The zero-order chi connectivity index (χ0) is 15.1. The fraction of sp³-hybridized carbons (Fsp3) is 0.357. The molecular formula is C14H19N3O3. The van der Waals surface area contributed by atoms with E-state index in [0.29, 0.717) is 5.56 Å². The molecule has 0 bridgehead atoms. The molecule has 6 nitrogen and oxygen atoms in total. The molecule has 0 aliphatic rings. The number of carbonyl (C=O) groups is 2. The van der Waals surface area contributed by atoms with E-state index in [9.17, 15) is 9.59 Å². The van der Waals surface area contributed by atoms with E-state index in [4.69, 9.17) is 10.8 Å². The van der Waals surface area contributed by atoms with E-state index in [1.54, 1.807) is 24.3 Å². The van der Waals surface area contributed by atoms with Gasteiger partial charge in [0.05, 0.1) is 6.54 Å². The quantitative estimate of drug-likeness (QED) is 0.388. The molecule has 0 aliphatic carbocycles. The van der Waals surface area contributed by atoms with Crippen molar-refractivity contribution in [2.45, 2.75) is 26.3 Å². The lowest BCUT2D eigenvalue weighted by molar-refractivity contribution is -0.138. The summed E-state index contributed by atoms with van der Waals surface area (Å²) in [5.41, 5.74) is 10.3. The summed E-state index contributed by atoms with van der Waals surface area (Å²) in [7, 11) is 0. The third-order valence-electron chi connectivity index (χ3n) is 2.59. The van der Waals surface area contributed by atoms with Gasteiger partial charge in [0.1, 0.15) is 6.04 Å². The second-order valence-corrected chi connectivity index (χ2v) is 4.66. The van der Waals surface area contributed by atoms with Gasteiger partial charge in [0.15, 0.2) is 5.78 Å². The first-order valence-electron chi connectivity index (χ1n) is 6.24. The average molecular weight is 277 g/mol.